The Kier molecular flexibility index (Phi) is 6.66. The summed E-state index contributed by atoms with van der Waals surface area (Å²) in [5.74, 6) is -1.61. The summed E-state index contributed by atoms with van der Waals surface area (Å²) in [7, 11) is 1.32. The molecule has 0 saturated carbocycles. The molecule has 0 aliphatic carbocycles. The molecule has 1 fully saturated rings. The van der Waals surface area contributed by atoms with Crippen LogP contribution in [0.1, 0.15) is 30.8 Å². The van der Waals surface area contributed by atoms with Crippen LogP contribution < -0.4 is 0 Å². The third kappa shape index (κ3) is 4.86. The average Bonchev–Trinajstić information content (AvgIpc) is 3.49. The molecule has 3 aromatic heterocycles. The highest BCUT2D eigenvalue weighted by Crippen LogP contribution is 2.33. The van der Waals surface area contributed by atoms with E-state index in [1.807, 2.05) is 25.3 Å². The second kappa shape index (κ2) is 9.80. The van der Waals surface area contributed by atoms with E-state index in [0.717, 1.165) is 5.56 Å². The molecule has 200 valence electrons. The summed E-state index contributed by atoms with van der Waals surface area (Å²) in [6, 6.07) is 7.69. The number of aromatic nitrogens is 4. The van der Waals surface area contributed by atoms with E-state index in [0.29, 0.717) is 30.2 Å². The van der Waals surface area contributed by atoms with Crippen LogP contribution in [0.5, 0.6) is 0 Å². The molecule has 4 heterocycles. The molecule has 1 saturated heterocycles. The van der Waals surface area contributed by atoms with Crippen LogP contribution in [0.25, 0.3) is 22.6 Å². The lowest BCUT2D eigenvalue weighted by molar-refractivity contribution is -0.0241. The molecule has 1 amide bonds. The van der Waals surface area contributed by atoms with E-state index >= 15 is 8.78 Å². The molecule has 0 bridgehead atoms. The molecule has 5 rings (SSSR count). The van der Waals surface area contributed by atoms with Crippen LogP contribution in [-0.4, -0.2) is 68.2 Å². The van der Waals surface area contributed by atoms with E-state index in [1.165, 1.54) is 30.1 Å². The van der Waals surface area contributed by atoms with Crippen LogP contribution in [0.2, 0.25) is 0 Å². The molecule has 1 aliphatic rings. The molecule has 4 aromatic rings. The Morgan fingerprint density at radius 2 is 1.95 bits per heavy atom. The van der Waals surface area contributed by atoms with Gasteiger partial charge in [0.2, 0.25) is 0 Å². The van der Waals surface area contributed by atoms with Gasteiger partial charge in [-0.15, -0.1) is 0 Å². The Bertz CT molecular complexity index is 1480. The number of fused-ring (bicyclic) bond motifs is 1. The summed E-state index contributed by atoms with van der Waals surface area (Å²) >= 11 is 0. The minimum absolute atomic E-state index is 0.161. The number of nitrogens with zero attached hydrogens (tertiary/aromatic N) is 5. The molecule has 0 unspecified atom stereocenters. The molecule has 0 radical (unpaired) electrons. The number of methoxy groups -OCH3 is 1. The van der Waals surface area contributed by atoms with Crippen molar-refractivity contribution in [3.8, 4) is 16.9 Å². The lowest BCUT2D eigenvalue weighted by Gasteiger charge is -2.32. The number of carbonyl (C=O) groups excluding carboxylic acids is 1. The van der Waals surface area contributed by atoms with E-state index in [-0.39, 0.29) is 29.9 Å². The smallest absolute Gasteiger partial charge is 0.409 e. The van der Waals surface area contributed by atoms with Gasteiger partial charge in [0.1, 0.15) is 22.9 Å². The van der Waals surface area contributed by atoms with Gasteiger partial charge in [0.25, 0.3) is 0 Å². The topological polar surface area (TPSA) is 94.1 Å². The number of hydrogen-bond donors (Lipinski definition) is 1. The molecule has 38 heavy (non-hydrogen) atoms. The summed E-state index contributed by atoms with van der Waals surface area (Å²) in [5, 5.41) is 14.5. The van der Waals surface area contributed by atoms with Gasteiger partial charge in [0, 0.05) is 37.5 Å². The fraction of sp³-hybridized carbons (Fsp3) is 0.370. The SMILES string of the molecule is COC(=O)N1CCO[C@@H](Cc2c(-c3c(F)cc(-n4ccc(C(C)(C)O)n4)cc3F)nc3cc(C)ccn23)C1. The normalized spacial score (nSPS) is 16.3. The maximum atomic E-state index is 15.6. The van der Waals surface area contributed by atoms with Crippen molar-refractivity contribution in [1.82, 2.24) is 24.1 Å². The molecule has 1 aliphatic heterocycles. The zero-order valence-electron chi connectivity index (χ0n) is 21.6. The minimum atomic E-state index is -1.20. The summed E-state index contributed by atoms with van der Waals surface area (Å²) in [4.78, 5) is 18.2. The van der Waals surface area contributed by atoms with Crippen LogP contribution in [0.3, 0.4) is 0 Å². The number of imidazole rings is 1. The minimum Gasteiger partial charge on any atom is -0.453 e. The van der Waals surface area contributed by atoms with Crippen molar-refractivity contribution in [1.29, 1.82) is 0 Å². The predicted molar refractivity (Wildman–Crippen MR) is 135 cm³/mol. The summed E-state index contributed by atoms with van der Waals surface area (Å²) in [5.41, 5.74) is 1.29. The van der Waals surface area contributed by atoms with Crippen molar-refractivity contribution >= 4 is 11.7 Å². The molecular weight excluding hydrogens is 496 g/mol. The summed E-state index contributed by atoms with van der Waals surface area (Å²) in [6.45, 7) is 6.06. The predicted octanol–water partition coefficient (Wildman–Crippen LogP) is 4.01. The van der Waals surface area contributed by atoms with Crippen molar-refractivity contribution in [2.45, 2.75) is 38.9 Å². The van der Waals surface area contributed by atoms with Gasteiger partial charge in [0.15, 0.2) is 0 Å². The largest absolute Gasteiger partial charge is 0.453 e. The Morgan fingerprint density at radius 3 is 2.61 bits per heavy atom. The van der Waals surface area contributed by atoms with Crippen molar-refractivity contribution in [2.24, 2.45) is 0 Å². The second-order valence-corrected chi connectivity index (χ2v) is 9.94. The first-order chi connectivity index (χ1) is 18.0. The molecule has 11 heteroatoms. The molecule has 1 aromatic carbocycles. The Balaban J connectivity index is 1.56. The van der Waals surface area contributed by atoms with E-state index in [9.17, 15) is 9.90 Å². The number of ether oxygens (including phenoxy) is 2. The van der Waals surface area contributed by atoms with Gasteiger partial charge in [-0.25, -0.2) is 23.2 Å². The number of hydrogen-bond acceptors (Lipinski definition) is 6. The number of amides is 1. The Morgan fingerprint density at radius 1 is 1.21 bits per heavy atom. The number of aryl methyl sites for hydroxylation is 1. The van der Waals surface area contributed by atoms with Crippen LogP contribution in [-0.2, 0) is 21.5 Å². The lowest BCUT2D eigenvalue weighted by atomic mass is 10.0. The summed E-state index contributed by atoms with van der Waals surface area (Å²) < 4.78 is 45.1. The van der Waals surface area contributed by atoms with Crippen molar-refractivity contribution in [3.05, 3.63) is 71.3 Å². The van der Waals surface area contributed by atoms with Crippen molar-refractivity contribution in [3.63, 3.8) is 0 Å². The quantitative estimate of drug-likeness (QED) is 0.423. The fourth-order valence-corrected chi connectivity index (χ4v) is 4.66. The highest BCUT2D eigenvalue weighted by molar-refractivity contribution is 5.70. The first-order valence-electron chi connectivity index (χ1n) is 12.3. The standard InChI is InChI=1S/C27H29F2N5O4/c1-16-5-7-33-21(14-18-15-32(9-10-38-18)26(35)37-4)25(30-23(33)11-16)24-19(28)12-17(13-20(24)29)34-8-6-22(31-34)27(2,3)36/h5-8,11-13,18,36H,9-10,14-15H2,1-4H3/t18-/m0/s1. The highest BCUT2D eigenvalue weighted by Gasteiger charge is 2.29. The van der Waals surface area contributed by atoms with Crippen molar-refractivity contribution in [2.75, 3.05) is 26.8 Å². The van der Waals surface area contributed by atoms with Gasteiger partial charge in [0.05, 0.1) is 54.7 Å². The monoisotopic (exact) mass is 525 g/mol. The number of halogens is 2. The number of aliphatic hydroxyl groups is 1. The first kappa shape index (κ1) is 25.8. The van der Waals surface area contributed by atoms with Gasteiger partial charge in [-0.2, -0.15) is 5.10 Å². The first-order valence-corrected chi connectivity index (χ1v) is 12.3. The van der Waals surface area contributed by atoms with Gasteiger partial charge < -0.3 is 23.9 Å². The van der Waals surface area contributed by atoms with Crippen LogP contribution in [0.15, 0.2) is 42.7 Å². The number of rotatable bonds is 5. The molecule has 0 spiro atoms. The van der Waals surface area contributed by atoms with E-state index in [4.69, 9.17) is 9.47 Å². The van der Waals surface area contributed by atoms with E-state index in [2.05, 4.69) is 10.1 Å². The van der Waals surface area contributed by atoms with Gasteiger partial charge in [-0.1, -0.05) is 0 Å². The van der Waals surface area contributed by atoms with Crippen molar-refractivity contribution < 1.29 is 28.2 Å². The maximum Gasteiger partial charge on any atom is 0.409 e. The van der Waals surface area contributed by atoms with E-state index in [1.54, 1.807) is 29.2 Å². The van der Waals surface area contributed by atoms with E-state index < -0.39 is 29.4 Å². The molecule has 1 N–H and O–H groups in total. The average molecular weight is 526 g/mol. The van der Waals surface area contributed by atoms with Gasteiger partial charge in [-0.05, 0) is 44.5 Å². The molecule has 1 atom stereocenters. The van der Waals surface area contributed by atoms with Gasteiger partial charge in [-0.3, -0.25) is 0 Å². The third-order valence-corrected chi connectivity index (χ3v) is 6.62. The zero-order chi connectivity index (χ0) is 27.2. The summed E-state index contributed by atoms with van der Waals surface area (Å²) in [6.07, 6.45) is 2.74. The number of morpholine rings is 1. The van der Waals surface area contributed by atoms with Crippen LogP contribution in [0.4, 0.5) is 13.6 Å². The molecular formula is C27H29F2N5O4. The number of carbonyl (C=O) groups is 1. The van der Waals surface area contributed by atoms with Gasteiger partial charge >= 0.3 is 6.09 Å². The lowest BCUT2D eigenvalue weighted by Crippen LogP contribution is -2.46. The maximum absolute atomic E-state index is 15.6. The second-order valence-electron chi connectivity index (χ2n) is 9.94. The number of pyridine rings is 1. The zero-order valence-corrected chi connectivity index (χ0v) is 21.6. The van der Waals surface area contributed by atoms with Crippen LogP contribution >= 0.6 is 0 Å². The Hall–Kier alpha value is -3.83. The highest BCUT2D eigenvalue weighted by atomic mass is 19.1. The van der Waals surface area contributed by atoms with Crippen LogP contribution in [0, 0.1) is 18.6 Å². The Labute approximate surface area is 218 Å². The third-order valence-electron chi connectivity index (χ3n) is 6.62. The fourth-order valence-electron chi connectivity index (χ4n) is 4.66. The number of benzene rings is 1. The molecule has 9 nitrogen and oxygen atoms in total.